The highest BCUT2D eigenvalue weighted by Gasteiger charge is 1.91. The van der Waals surface area contributed by atoms with E-state index in [-0.39, 0.29) is 0 Å². The molecule has 2 aromatic rings. The Labute approximate surface area is 72.5 Å². The van der Waals surface area contributed by atoms with Gasteiger partial charge in [-0.05, 0) is 11.1 Å². The third-order valence-electron chi connectivity index (χ3n) is 1.88. The van der Waals surface area contributed by atoms with Gasteiger partial charge < -0.3 is 0 Å². The van der Waals surface area contributed by atoms with Crippen molar-refractivity contribution in [3.8, 4) is 11.1 Å². The zero-order chi connectivity index (χ0) is 8.23. The van der Waals surface area contributed by atoms with E-state index in [1.54, 1.807) is 0 Å². The van der Waals surface area contributed by atoms with Gasteiger partial charge in [-0.1, -0.05) is 60.7 Å². The van der Waals surface area contributed by atoms with E-state index in [0.717, 1.165) is 0 Å². The Morgan fingerprint density at radius 1 is 0.417 bits per heavy atom. The maximum atomic E-state index is 2.12. The van der Waals surface area contributed by atoms with E-state index in [4.69, 9.17) is 0 Å². The molecular formula is C12H10. The summed E-state index contributed by atoms with van der Waals surface area (Å²) in [4.78, 5) is 0. The molecule has 0 nitrogen and oxygen atoms in total. The summed E-state index contributed by atoms with van der Waals surface area (Å²) in [6, 6.07) is 20.8. The summed E-state index contributed by atoms with van der Waals surface area (Å²) in [6.07, 6.45) is 0. The SMILES string of the molecule is c1ccc(-c2ccc[13cH]c2)cc1. The van der Waals surface area contributed by atoms with Gasteiger partial charge in [0.15, 0.2) is 0 Å². The fraction of sp³-hybridized carbons (Fsp3) is 0. The van der Waals surface area contributed by atoms with Crippen molar-refractivity contribution in [3.63, 3.8) is 0 Å². The maximum absolute atomic E-state index is 2.12. The lowest BCUT2D eigenvalue weighted by molar-refractivity contribution is 1.62. The summed E-state index contributed by atoms with van der Waals surface area (Å²) in [7, 11) is 0. The van der Waals surface area contributed by atoms with E-state index < -0.39 is 0 Å². The van der Waals surface area contributed by atoms with E-state index in [0.29, 0.717) is 0 Å². The van der Waals surface area contributed by atoms with Gasteiger partial charge in [0, 0.05) is 0 Å². The number of hydrogen-bond donors (Lipinski definition) is 0. The van der Waals surface area contributed by atoms with Gasteiger partial charge >= 0.3 is 0 Å². The van der Waals surface area contributed by atoms with Crippen LogP contribution >= 0.6 is 0 Å². The minimum atomic E-state index is 1.28. The van der Waals surface area contributed by atoms with Crippen molar-refractivity contribution >= 4 is 0 Å². The summed E-state index contributed by atoms with van der Waals surface area (Å²) in [5.74, 6) is 0. The van der Waals surface area contributed by atoms with Crippen molar-refractivity contribution in [2.75, 3.05) is 0 Å². The number of benzene rings is 2. The fourth-order valence-electron chi connectivity index (χ4n) is 1.26. The summed E-state index contributed by atoms with van der Waals surface area (Å²) in [6.45, 7) is 0. The van der Waals surface area contributed by atoms with Crippen molar-refractivity contribution in [1.29, 1.82) is 0 Å². The molecule has 0 amide bonds. The van der Waals surface area contributed by atoms with E-state index >= 15 is 0 Å². The second-order valence-corrected chi connectivity index (χ2v) is 2.73. The molecule has 58 valence electrons. The Morgan fingerprint density at radius 3 is 1.08 bits per heavy atom. The Hall–Kier alpha value is -1.56. The molecule has 0 fully saturated rings. The van der Waals surface area contributed by atoms with Crippen molar-refractivity contribution in [1.82, 2.24) is 0 Å². The molecular weight excluding hydrogens is 145 g/mol. The highest BCUT2D eigenvalue weighted by atomic mass is 14.1. The van der Waals surface area contributed by atoms with Crippen LogP contribution in [0.1, 0.15) is 0 Å². The lowest BCUT2D eigenvalue weighted by atomic mass is 10.1. The second kappa shape index (κ2) is 3.22. The molecule has 0 aliphatic rings. The topological polar surface area (TPSA) is 0 Å². The average Bonchev–Trinajstić information content (AvgIpc) is 2.21. The second-order valence-electron chi connectivity index (χ2n) is 2.73. The first kappa shape index (κ1) is 7.11. The van der Waals surface area contributed by atoms with Crippen LogP contribution in [-0.4, -0.2) is 0 Å². The Balaban J connectivity index is 2.46. The molecule has 0 unspecified atom stereocenters. The number of rotatable bonds is 1. The first-order valence-corrected chi connectivity index (χ1v) is 4.07. The largest absolute Gasteiger partial charge is 0.0622 e. The highest BCUT2D eigenvalue weighted by Crippen LogP contribution is 2.17. The summed E-state index contributed by atoms with van der Waals surface area (Å²) in [5.41, 5.74) is 2.55. The average molecular weight is 155 g/mol. The van der Waals surface area contributed by atoms with Gasteiger partial charge in [-0.15, -0.1) is 0 Å². The van der Waals surface area contributed by atoms with Gasteiger partial charge in [0.25, 0.3) is 0 Å². The zero-order valence-electron chi connectivity index (χ0n) is 6.77. The van der Waals surface area contributed by atoms with Gasteiger partial charge in [-0.25, -0.2) is 0 Å². The normalized spacial score (nSPS) is 9.67. The Kier molecular flexibility index (Phi) is 1.91. The van der Waals surface area contributed by atoms with Crippen LogP contribution in [0.2, 0.25) is 0 Å². The predicted molar refractivity (Wildman–Crippen MR) is 51.9 cm³/mol. The van der Waals surface area contributed by atoms with Crippen LogP contribution in [0.4, 0.5) is 0 Å². The monoisotopic (exact) mass is 155 g/mol. The zero-order valence-corrected chi connectivity index (χ0v) is 6.77. The third kappa shape index (κ3) is 1.37. The molecule has 0 aliphatic heterocycles. The minimum Gasteiger partial charge on any atom is -0.0622 e. The van der Waals surface area contributed by atoms with Gasteiger partial charge in [0.1, 0.15) is 0 Å². The molecule has 2 rings (SSSR count). The van der Waals surface area contributed by atoms with E-state index in [2.05, 4.69) is 48.5 Å². The highest BCUT2D eigenvalue weighted by molar-refractivity contribution is 5.62. The summed E-state index contributed by atoms with van der Waals surface area (Å²) in [5, 5.41) is 0. The number of hydrogen-bond acceptors (Lipinski definition) is 0. The molecule has 0 heteroatoms. The maximum Gasteiger partial charge on any atom is -0.0184 e. The molecule has 0 N–H and O–H groups in total. The van der Waals surface area contributed by atoms with Crippen LogP contribution in [0.5, 0.6) is 0 Å². The first-order chi connectivity index (χ1) is 5.97. The van der Waals surface area contributed by atoms with Crippen LogP contribution in [0.3, 0.4) is 0 Å². The predicted octanol–water partition coefficient (Wildman–Crippen LogP) is 3.35. The minimum absolute atomic E-state index is 1.28. The molecule has 0 aliphatic carbocycles. The van der Waals surface area contributed by atoms with Crippen LogP contribution in [0.25, 0.3) is 11.1 Å². The molecule has 0 saturated carbocycles. The van der Waals surface area contributed by atoms with Crippen LogP contribution in [0.15, 0.2) is 60.7 Å². The fourth-order valence-corrected chi connectivity index (χ4v) is 1.26. The van der Waals surface area contributed by atoms with Crippen molar-refractivity contribution < 1.29 is 0 Å². The van der Waals surface area contributed by atoms with Gasteiger partial charge in [-0.2, -0.15) is 0 Å². The molecule has 0 atom stereocenters. The molecule has 0 aromatic heterocycles. The van der Waals surface area contributed by atoms with Gasteiger partial charge in [0.05, 0.1) is 0 Å². The smallest absolute Gasteiger partial charge is 0.0184 e. The molecule has 0 saturated heterocycles. The Bertz CT molecular complexity index is 297. The first-order valence-electron chi connectivity index (χ1n) is 4.07. The van der Waals surface area contributed by atoms with Crippen molar-refractivity contribution in [2.45, 2.75) is 0 Å². The van der Waals surface area contributed by atoms with Crippen LogP contribution < -0.4 is 0 Å². The van der Waals surface area contributed by atoms with E-state index in [1.807, 2.05) is 12.1 Å². The summed E-state index contributed by atoms with van der Waals surface area (Å²) < 4.78 is 0. The Morgan fingerprint density at radius 2 is 0.750 bits per heavy atom. The molecule has 12 heavy (non-hydrogen) atoms. The van der Waals surface area contributed by atoms with Gasteiger partial charge in [-0.3, -0.25) is 0 Å². The van der Waals surface area contributed by atoms with Crippen LogP contribution in [-0.2, 0) is 0 Å². The van der Waals surface area contributed by atoms with Gasteiger partial charge in [0.2, 0.25) is 0 Å². The lowest BCUT2D eigenvalue weighted by Crippen LogP contribution is -1.73. The van der Waals surface area contributed by atoms with Crippen molar-refractivity contribution in [3.05, 3.63) is 60.7 Å². The quantitative estimate of drug-likeness (QED) is 0.592. The molecule has 0 radical (unpaired) electrons. The van der Waals surface area contributed by atoms with E-state index in [9.17, 15) is 0 Å². The van der Waals surface area contributed by atoms with Crippen LogP contribution in [0, 0.1) is 0 Å². The molecule has 0 spiro atoms. The molecule has 2 aromatic carbocycles. The lowest BCUT2D eigenvalue weighted by Gasteiger charge is -1.98. The summed E-state index contributed by atoms with van der Waals surface area (Å²) >= 11 is 0. The molecule has 0 heterocycles. The third-order valence-corrected chi connectivity index (χ3v) is 1.88. The van der Waals surface area contributed by atoms with Crippen molar-refractivity contribution in [2.24, 2.45) is 0 Å². The van der Waals surface area contributed by atoms with E-state index in [1.165, 1.54) is 11.1 Å². The standard InChI is InChI=1S/C12H10/c1-3-7-11(8-4-1)12-9-5-2-6-10-12/h1-10H/i3+1. The molecule has 0 bridgehead atoms.